The number of amides is 1. The molecule has 5 heteroatoms. The van der Waals surface area contributed by atoms with Gasteiger partial charge >= 0.3 is 0 Å². The fourth-order valence-electron chi connectivity index (χ4n) is 1.99. The van der Waals surface area contributed by atoms with E-state index in [0.29, 0.717) is 18.9 Å². The Hall–Kier alpha value is -1.07. The van der Waals surface area contributed by atoms with E-state index in [2.05, 4.69) is 63.5 Å². The summed E-state index contributed by atoms with van der Waals surface area (Å²) in [5.41, 5.74) is 2.36. The Morgan fingerprint density at radius 2 is 2.10 bits per heavy atom. The van der Waals surface area contributed by atoms with Crippen molar-refractivity contribution in [1.29, 1.82) is 0 Å². The molecule has 118 valence electrons. The summed E-state index contributed by atoms with van der Waals surface area (Å²) in [6, 6.07) is 6.36. The third kappa shape index (κ3) is 6.48. The van der Waals surface area contributed by atoms with Crippen LogP contribution in [0.15, 0.2) is 22.7 Å². The van der Waals surface area contributed by atoms with E-state index in [4.69, 9.17) is 0 Å². The van der Waals surface area contributed by atoms with Crippen molar-refractivity contribution in [2.75, 3.05) is 32.1 Å². The van der Waals surface area contributed by atoms with Crippen LogP contribution in [0.1, 0.15) is 25.8 Å². The first-order valence-electron chi connectivity index (χ1n) is 7.35. The summed E-state index contributed by atoms with van der Waals surface area (Å²) < 4.78 is 1.06. The molecule has 0 fully saturated rings. The Kier molecular flexibility index (Phi) is 7.75. The maximum atomic E-state index is 11.3. The second kappa shape index (κ2) is 9.05. The third-order valence-electron chi connectivity index (χ3n) is 3.26. The lowest BCUT2D eigenvalue weighted by Crippen LogP contribution is -2.26. The Labute approximate surface area is 136 Å². The number of benzene rings is 1. The fraction of sp³-hybridized carbons (Fsp3) is 0.562. The van der Waals surface area contributed by atoms with Gasteiger partial charge in [0.25, 0.3) is 0 Å². The summed E-state index contributed by atoms with van der Waals surface area (Å²) in [6.07, 6.45) is 0.497. The average Bonchev–Trinajstić information content (AvgIpc) is 2.44. The van der Waals surface area contributed by atoms with Crippen molar-refractivity contribution in [3.8, 4) is 0 Å². The van der Waals surface area contributed by atoms with Gasteiger partial charge in [0.05, 0.1) is 5.69 Å². The maximum absolute atomic E-state index is 11.3. The molecule has 0 saturated carbocycles. The molecule has 0 bridgehead atoms. The molecule has 4 nitrogen and oxygen atoms in total. The van der Waals surface area contributed by atoms with Crippen LogP contribution >= 0.6 is 15.9 Å². The topological polar surface area (TPSA) is 44.4 Å². The fourth-order valence-corrected chi connectivity index (χ4v) is 2.72. The van der Waals surface area contributed by atoms with Crippen molar-refractivity contribution in [3.05, 3.63) is 28.2 Å². The van der Waals surface area contributed by atoms with Gasteiger partial charge in [0, 0.05) is 38.1 Å². The molecule has 1 amide bonds. The number of rotatable bonds is 8. The van der Waals surface area contributed by atoms with Crippen LogP contribution in [0.3, 0.4) is 0 Å². The number of nitrogens with zero attached hydrogens (tertiary/aromatic N) is 1. The summed E-state index contributed by atoms with van der Waals surface area (Å²) in [6.45, 7) is 6.99. The van der Waals surface area contributed by atoms with E-state index in [1.165, 1.54) is 5.56 Å². The van der Waals surface area contributed by atoms with E-state index in [1.54, 1.807) is 7.05 Å². The summed E-state index contributed by atoms with van der Waals surface area (Å²) in [5, 5.41) is 6.08. The average molecular weight is 356 g/mol. The second-order valence-corrected chi connectivity index (χ2v) is 6.51. The van der Waals surface area contributed by atoms with E-state index in [1.807, 2.05) is 7.05 Å². The highest BCUT2D eigenvalue weighted by Crippen LogP contribution is 2.26. The van der Waals surface area contributed by atoms with Gasteiger partial charge in [-0.05, 0) is 46.1 Å². The third-order valence-corrected chi connectivity index (χ3v) is 3.89. The van der Waals surface area contributed by atoms with E-state index in [0.717, 1.165) is 23.2 Å². The number of nitrogens with one attached hydrogen (secondary N) is 2. The molecule has 1 aromatic carbocycles. The predicted molar refractivity (Wildman–Crippen MR) is 92.6 cm³/mol. The lowest BCUT2D eigenvalue weighted by Gasteiger charge is -2.21. The first-order valence-corrected chi connectivity index (χ1v) is 8.14. The maximum Gasteiger partial charge on any atom is 0.221 e. The van der Waals surface area contributed by atoms with E-state index >= 15 is 0 Å². The van der Waals surface area contributed by atoms with Crippen LogP contribution in [0, 0.1) is 5.92 Å². The molecule has 0 unspecified atom stereocenters. The molecule has 2 N–H and O–H groups in total. The standard InChI is InChI=1S/C16H26BrN3O/c1-12(2)10-19-11-13-5-6-15(14(17)9-13)20(4)8-7-16(21)18-3/h5-6,9,12,19H,7-8,10-11H2,1-4H3,(H,18,21). The summed E-state index contributed by atoms with van der Waals surface area (Å²) >= 11 is 3.62. The van der Waals surface area contributed by atoms with Crippen molar-refractivity contribution < 1.29 is 4.79 Å². The minimum Gasteiger partial charge on any atom is -0.373 e. The zero-order chi connectivity index (χ0) is 15.8. The normalized spacial score (nSPS) is 10.8. The Balaban J connectivity index is 2.58. The van der Waals surface area contributed by atoms with E-state index < -0.39 is 0 Å². The molecule has 0 heterocycles. The largest absolute Gasteiger partial charge is 0.373 e. The zero-order valence-corrected chi connectivity index (χ0v) is 15.0. The van der Waals surface area contributed by atoms with Crippen LogP contribution in [0.4, 0.5) is 5.69 Å². The highest BCUT2D eigenvalue weighted by atomic mass is 79.9. The van der Waals surface area contributed by atoms with Gasteiger partial charge in [0.1, 0.15) is 0 Å². The zero-order valence-electron chi connectivity index (χ0n) is 13.4. The van der Waals surface area contributed by atoms with Crippen LogP contribution in [0.25, 0.3) is 0 Å². The first-order chi connectivity index (χ1) is 9.93. The molecule has 0 aromatic heterocycles. The molecule has 0 aliphatic carbocycles. The van der Waals surface area contributed by atoms with Crippen LogP contribution in [0.5, 0.6) is 0 Å². The Morgan fingerprint density at radius 3 is 2.67 bits per heavy atom. The summed E-state index contributed by atoms with van der Waals surface area (Å²) in [4.78, 5) is 13.4. The van der Waals surface area contributed by atoms with Crippen molar-refractivity contribution in [2.24, 2.45) is 5.92 Å². The molecular weight excluding hydrogens is 330 g/mol. The molecule has 0 spiro atoms. The molecule has 0 saturated heterocycles. The lowest BCUT2D eigenvalue weighted by atomic mass is 10.1. The van der Waals surface area contributed by atoms with Gasteiger partial charge in [-0.1, -0.05) is 19.9 Å². The molecular formula is C16H26BrN3O. The van der Waals surface area contributed by atoms with E-state index in [-0.39, 0.29) is 5.91 Å². The molecule has 0 aliphatic rings. The molecule has 1 aromatic rings. The highest BCUT2D eigenvalue weighted by molar-refractivity contribution is 9.10. The highest BCUT2D eigenvalue weighted by Gasteiger charge is 2.08. The van der Waals surface area contributed by atoms with Gasteiger partial charge in [-0.25, -0.2) is 0 Å². The predicted octanol–water partition coefficient (Wildman–Crippen LogP) is 2.77. The van der Waals surface area contributed by atoms with Crippen LogP contribution < -0.4 is 15.5 Å². The minimum absolute atomic E-state index is 0.0625. The molecule has 1 rings (SSSR count). The molecule has 21 heavy (non-hydrogen) atoms. The van der Waals surface area contributed by atoms with Crippen molar-refractivity contribution >= 4 is 27.5 Å². The Bertz CT molecular complexity index is 463. The number of anilines is 1. The van der Waals surface area contributed by atoms with Gasteiger partial charge in [0.2, 0.25) is 5.91 Å². The van der Waals surface area contributed by atoms with Gasteiger partial charge in [-0.2, -0.15) is 0 Å². The summed E-state index contributed by atoms with van der Waals surface area (Å²) in [7, 11) is 3.66. The number of carbonyl (C=O) groups is 1. The number of halogens is 1. The second-order valence-electron chi connectivity index (χ2n) is 5.66. The molecule has 0 aliphatic heterocycles. The molecule has 0 atom stereocenters. The smallest absolute Gasteiger partial charge is 0.221 e. The summed E-state index contributed by atoms with van der Waals surface area (Å²) in [5.74, 6) is 0.719. The quantitative estimate of drug-likeness (QED) is 0.753. The van der Waals surface area contributed by atoms with Gasteiger partial charge in [-0.15, -0.1) is 0 Å². The van der Waals surface area contributed by atoms with Gasteiger partial charge in [-0.3, -0.25) is 4.79 Å². The van der Waals surface area contributed by atoms with Crippen LogP contribution in [-0.2, 0) is 11.3 Å². The number of hydrogen-bond donors (Lipinski definition) is 2. The van der Waals surface area contributed by atoms with Crippen molar-refractivity contribution in [1.82, 2.24) is 10.6 Å². The molecule has 0 radical (unpaired) electrons. The number of carbonyl (C=O) groups excluding carboxylic acids is 1. The number of hydrogen-bond acceptors (Lipinski definition) is 3. The van der Waals surface area contributed by atoms with Crippen molar-refractivity contribution in [3.63, 3.8) is 0 Å². The van der Waals surface area contributed by atoms with E-state index in [9.17, 15) is 4.79 Å². The Morgan fingerprint density at radius 1 is 1.38 bits per heavy atom. The minimum atomic E-state index is 0.0625. The van der Waals surface area contributed by atoms with Crippen LogP contribution in [0.2, 0.25) is 0 Å². The lowest BCUT2D eigenvalue weighted by molar-refractivity contribution is -0.120. The monoisotopic (exact) mass is 355 g/mol. The van der Waals surface area contributed by atoms with Gasteiger partial charge < -0.3 is 15.5 Å². The van der Waals surface area contributed by atoms with Gasteiger partial charge in [0.15, 0.2) is 0 Å². The van der Waals surface area contributed by atoms with Crippen molar-refractivity contribution in [2.45, 2.75) is 26.8 Å². The van der Waals surface area contributed by atoms with Crippen LogP contribution in [-0.4, -0.2) is 33.1 Å². The first kappa shape index (κ1) is 18.0. The SMILES string of the molecule is CNC(=O)CCN(C)c1ccc(CNCC(C)C)cc1Br.